The second-order valence-corrected chi connectivity index (χ2v) is 9.88. The Labute approximate surface area is 168 Å². The average Bonchev–Trinajstić information content (AvgIpc) is 3.07. The maximum absolute atomic E-state index is 12.3. The van der Waals surface area contributed by atoms with Gasteiger partial charge in [0.15, 0.2) is 6.04 Å². The maximum Gasteiger partial charge on any atom is 0.310 e. The molecule has 0 aliphatic carbocycles. The van der Waals surface area contributed by atoms with Crippen molar-refractivity contribution in [2.24, 2.45) is 0 Å². The second kappa shape index (κ2) is 8.77. The predicted molar refractivity (Wildman–Crippen MR) is 113 cm³/mol. The third kappa shape index (κ3) is 4.45. The van der Waals surface area contributed by atoms with Gasteiger partial charge in [-0.15, -0.1) is 0 Å². The number of halogens is 1. The molecule has 3 rings (SSSR count). The van der Waals surface area contributed by atoms with Crippen LogP contribution in [0.15, 0.2) is 65.2 Å². The quantitative estimate of drug-likeness (QED) is 0.359. The Hall–Kier alpha value is -2.04. The molecule has 0 radical (unpaired) electrons. The molecule has 7 heteroatoms. The molecule has 0 saturated heterocycles. The number of amides is 1. The fourth-order valence-electron chi connectivity index (χ4n) is 2.65. The summed E-state index contributed by atoms with van der Waals surface area (Å²) in [6, 6.07) is 20.6. The summed E-state index contributed by atoms with van der Waals surface area (Å²) in [4.78, 5) is 12.0. The predicted octanol–water partition coefficient (Wildman–Crippen LogP) is 3.02. The third-order valence-electron chi connectivity index (χ3n) is 3.97. The van der Waals surface area contributed by atoms with E-state index < -0.39 is 7.92 Å². The third-order valence-corrected chi connectivity index (χ3v) is 6.84. The summed E-state index contributed by atoms with van der Waals surface area (Å²) in [6.45, 7) is 5.88. The highest BCUT2D eigenvalue weighted by Gasteiger charge is 2.37. The smallest absolute Gasteiger partial charge is 0.287 e. The molecule has 5 nitrogen and oxygen atoms in total. The maximum atomic E-state index is 12.3. The lowest BCUT2D eigenvalue weighted by Crippen LogP contribution is -2.52. The summed E-state index contributed by atoms with van der Waals surface area (Å²) in [5, 5.41) is 9.44. The lowest BCUT2D eigenvalue weighted by Gasteiger charge is -2.15. The molecular formula is C20H22BrN3O2P+. The van der Waals surface area contributed by atoms with Gasteiger partial charge in [-0.1, -0.05) is 76.6 Å². The summed E-state index contributed by atoms with van der Waals surface area (Å²) in [7, 11) is -0.956. The van der Waals surface area contributed by atoms with Crippen molar-refractivity contribution < 1.29 is 14.0 Å². The number of nitrogens with one attached hydrogen (secondary N) is 1. The molecular weight excluding hydrogens is 425 g/mol. The Morgan fingerprint density at radius 2 is 1.56 bits per heavy atom. The molecule has 1 aromatic heterocycles. The first-order valence-electron chi connectivity index (χ1n) is 8.75. The van der Waals surface area contributed by atoms with Crippen LogP contribution in [0.1, 0.15) is 26.8 Å². The van der Waals surface area contributed by atoms with Crippen molar-refractivity contribution in [3.63, 3.8) is 0 Å². The van der Waals surface area contributed by atoms with E-state index in [1.54, 1.807) is 6.92 Å². The van der Waals surface area contributed by atoms with Crippen LogP contribution in [0, 0.1) is 0 Å². The van der Waals surface area contributed by atoms with E-state index in [1.807, 2.05) is 54.9 Å². The summed E-state index contributed by atoms with van der Waals surface area (Å²) in [5.41, 5.74) is 0.888. The number of aromatic nitrogens is 2. The Bertz CT molecular complexity index is 859. The van der Waals surface area contributed by atoms with Crippen LogP contribution in [0.4, 0.5) is 5.88 Å². The van der Waals surface area contributed by atoms with Gasteiger partial charge < -0.3 is 0 Å². The summed E-state index contributed by atoms with van der Waals surface area (Å²) < 4.78 is 7.44. The number of carbonyl (C=O) groups excluding carboxylic acids is 1. The lowest BCUT2D eigenvalue weighted by molar-refractivity contribution is -0.764. The molecule has 2 aromatic carbocycles. The van der Waals surface area contributed by atoms with Gasteiger partial charge in [-0.3, -0.25) is 14.6 Å². The molecule has 140 valence electrons. The molecule has 0 bridgehead atoms. The molecule has 0 fully saturated rings. The fourth-order valence-corrected chi connectivity index (χ4v) is 5.26. The highest BCUT2D eigenvalue weighted by molar-refractivity contribution is 9.10. The van der Waals surface area contributed by atoms with E-state index in [0.717, 1.165) is 5.44 Å². The molecule has 27 heavy (non-hydrogen) atoms. The van der Waals surface area contributed by atoms with Crippen LogP contribution in [0.5, 0.6) is 0 Å². The number of nitrogens with zero attached hydrogens (tertiary/aromatic N) is 2. The zero-order chi connectivity index (χ0) is 19.4. The van der Waals surface area contributed by atoms with E-state index in [2.05, 4.69) is 50.8 Å². The van der Waals surface area contributed by atoms with Crippen molar-refractivity contribution in [1.29, 1.82) is 0 Å². The van der Waals surface area contributed by atoms with E-state index in [1.165, 1.54) is 10.6 Å². The zero-order valence-corrected chi connectivity index (χ0v) is 17.9. The number of alkyl halides is 1. The van der Waals surface area contributed by atoms with Crippen molar-refractivity contribution in [2.45, 2.75) is 31.6 Å². The summed E-state index contributed by atoms with van der Waals surface area (Å²) in [5.74, 6) is 0.234. The molecule has 1 N–H and O–H groups in total. The van der Waals surface area contributed by atoms with Crippen molar-refractivity contribution in [1.82, 2.24) is 5.27 Å². The van der Waals surface area contributed by atoms with Gasteiger partial charge in [0.25, 0.3) is 0 Å². The van der Waals surface area contributed by atoms with Crippen LogP contribution in [0.2, 0.25) is 0 Å². The first-order valence-corrected chi connectivity index (χ1v) is 11.0. The summed E-state index contributed by atoms with van der Waals surface area (Å²) in [6.07, 6.45) is 0. The molecule has 1 unspecified atom stereocenters. The molecule has 0 aliphatic rings. The van der Waals surface area contributed by atoms with Crippen LogP contribution in [-0.2, 0) is 4.79 Å². The van der Waals surface area contributed by atoms with E-state index in [0.29, 0.717) is 5.88 Å². The number of anilines is 1. The fraction of sp³-hybridized carbons (Fsp3) is 0.250. The first-order chi connectivity index (χ1) is 13.0. The Kier molecular flexibility index (Phi) is 6.40. The molecule has 3 aromatic rings. The van der Waals surface area contributed by atoms with E-state index in [9.17, 15) is 4.79 Å². The molecule has 0 saturated carbocycles. The van der Waals surface area contributed by atoms with Crippen LogP contribution in [0.25, 0.3) is 0 Å². The van der Waals surface area contributed by atoms with Gasteiger partial charge in [0.2, 0.25) is 11.2 Å². The minimum Gasteiger partial charge on any atom is -0.287 e. The number of rotatable bonds is 6. The van der Waals surface area contributed by atoms with Crippen LogP contribution >= 0.6 is 23.9 Å². The lowest BCUT2D eigenvalue weighted by atomic mass is 10.4. The molecule has 1 atom stereocenters. The standard InChI is InChI=1S/C20H21BrN3O2P/c1-14(2)24-20(19(26-23-24)22-18(25)15(3)21)27(16-10-6-4-7-11-16)17-12-8-5-9-13-17/h4-15H,1-3H3/p+1. The normalized spacial score (nSPS) is 12.4. The monoisotopic (exact) mass is 446 g/mol. The first kappa shape index (κ1) is 19.7. The van der Waals surface area contributed by atoms with Crippen LogP contribution in [-0.4, -0.2) is 16.0 Å². The summed E-state index contributed by atoms with van der Waals surface area (Å²) >= 11 is 3.31. The Balaban J connectivity index is 2.19. The van der Waals surface area contributed by atoms with Gasteiger partial charge >= 0.3 is 11.3 Å². The van der Waals surface area contributed by atoms with E-state index >= 15 is 0 Å². The number of carbonyl (C=O) groups is 1. The van der Waals surface area contributed by atoms with Crippen molar-refractivity contribution in [3.8, 4) is 0 Å². The number of hydrogen-bond donors (Lipinski definition) is 1. The van der Waals surface area contributed by atoms with E-state index in [4.69, 9.17) is 4.52 Å². The van der Waals surface area contributed by atoms with Gasteiger partial charge in [-0.05, 0) is 22.2 Å². The molecule has 0 spiro atoms. The van der Waals surface area contributed by atoms with Crippen molar-refractivity contribution >= 4 is 51.7 Å². The van der Waals surface area contributed by atoms with Gasteiger partial charge in [-0.25, -0.2) is 0 Å². The average molecular weight is 447 g/mol. The minimum absolute atomic E-state index is 0.0909. The second-order valence-electron chi connectivity index (χ2n) is 6.38. The highest BCUT2D eigenvalue weighted by Crippen LogP contribution is 2.34. The van der Waals surface area contributed by atoms with E-state index in [-0.39, 0.29) is 16.8 Å². The molecule has 1 amide bonds. The SMILES string of the molecule is CC(Br)C(=O)Nc1on[n+](C(C)C)c1P(c1ccccc1)c1ccccc1. The van der Waals surface area contributed by atoms with Gasteiger partial charge in [0, 0.05) is 13.8 Å². The number of hydrogen-bond acceptors (Lipinski definition) is 3. The minimum atomic E-state index is -0.956. The van der Waals surface area contributed by atoms with Crippen LogP contribution in [0.3, 0.4) is 0 Å². The topological polar surface area (TPSA) is 59.0 Å². The van der Waals surface area contributed by atoms with Crippen LogP contribution < -0.4 is 26.0 Å². The Morgan fingerprint density at radius 3 is 2.00 bits per heavy atom. The van der Waals surface area contributed by atoms with Crippen molar-refractivity contribution in [2.75, 3.05) is 5.32 Å². The van der Waals surface area contributed by atoms with Gasteiger partial charge in [-0.2, -0.15) is 0 Å². The largest absolute Gasteiger partial charge is 0.310 e. The Morgan fingerprint density at radius 1 is 1.04 bits per heavy atom. The van der Waals surface area contributed by atoms with Gasteiger partial charge in [0.05, 0.1) is 12.7 Å². The number of benzene rings is 2. The zero-order valence-electron chi connectivity index (χ0n) is 15.5. The van der Waals surface area contributed by atoms with Crippen molar-refractivity contribution in [3.05, 3.63) is 60.7 Å². The molecule has 1 heterocycles. The highest BCUT2D eigenvalue weighted by atomic mass is 79.9. The molecule has 0 aliphatic heterocycles. The van der Waals surface area contributed by atoms with Gasteiger partial charge in [0.1, 0.15) is 0 Å².